The van der Waals surface area contributed by atoms with Crippen molar-refractivity contribution < 1.29 is 13.9 Å². The van der Waals surface area contributed by atoms with E-state index in [2.05, 4.69) is 15.4 Å². The van der Waals surface area contributed by atoms with E-state index in [0.717, 1.165) is 5.69 Å². The topological polar surface area (TPSA) is 69.0 Å². The second-order valence-electron chi connectivity index (χ2n) is 4.72. The number of hydrogen-bond donors (Lipinski definition) is 1. The zero-order valence-corrected chi connectivity index (χ0v) is 13.2. The monoisotopic (exact) mass is 332 g/mol. The van der Waals surface area contributed by atoms with E-state index >= 15 is 0 Å². The molecule has 2 heterocycles. The molecular weight excluding hydrogens is 319 g/mol. The second kappa shape index (κ2) is 6.17. The molecule has 23 heavy (non-hydrogen) atoms. The minimum atomic E-state index is -0.419. The van der Waals surface area contributed by atoms with Gasteiger partial charge in [0.2, 0.25) is 0 Å². The van der Waals surface area contributed by atoms with Crippen molar-refractivity contribution in [1.82, 2.24) is 14.8 Å². The lowest BCUT2D eigenvalue weighted by molar-refractivity contribution is 0.101. The molecule has 3 aromatic rings. The number of ether oxygens (including phenoxy) is 1. The van der Waals surface area contributed by atoms with Crippen LogP contribution in [0.3, 0.4) is 0 Å². The molecule has 0 unspecified atom stereocenters. The van der Waals surface area contributed by atoms with Crippen molar-refractivity contribution in [2.75, 3.05) is 12.4 Å². The number of nitrogens with one attached hydrogen (secondary N) is 1. The van der Waals surface area contributed by atoms with Crippen LogP contribution in [0, 0.1) is 12.7 Å². The van der Waals surface area contributed by atoms with Gasteiger partial charge in [-0.05, 0) is 31.2 Å². The number of hydrogen-bond acceptors (Lipinski definition) is 5. The highest BCUT2D eigenvalue weighted by Crippen LogP contribution is 2.22. The number of aryl methyl sites for hydroxylation is 1. The smallest absolute Gasteiger partial charge is 0.281 e. The number of halogens is 1. The van der Waals surface area contributed by atoms with Gasteiger partial charge in [0, 0.05) is 5.38 Å². The average Bonchev–Trinajstić information content (AvgIpc) is 3.14. The Balaban J connectivity index is 1.89. The summed E-state index contributed by atoms with van der Waals surface area (Å²) in [4.78, 5) is 16.5. The standard InChI is InChI=1S/C15H13FN4O2S/c1-9-8-23-15(17-9)18-14(21)13-12(22-2)7-20(19-13)11-5-3-10(16)4-6-11/h3-8H,1-2H3,(H,17,18,21). The summed E-state index contributed by atoms with van der Waals surface area (Å²) in [7, 11) is 1.45. The molecule has 3 rings (SSSR count). The Kier molecular flexibility index (Phi) is 4.07. The number of anilines is 1. The van der Waals surface area contributed by atoms with Gasteiger partial charge in [-0.15, -0.1) is 11.3 Å². The largest absolute Gasteiger partial charge is 0.493 e. The van der Waals surface area contributed by atoms with Crippen molar-refractivity contribution in [3.63, 3.8) is 0 Å². The van der Waals surface area contributed by atoms with E-state index in [1.807, 2.05) is 12.3 Å². The number of rotatable bonds is 4. The molecule has 0 aliphatic heterocycles. The molecule has 0 saturated heterocycles. The van der Waals surface area contributed by atoms with E-state index in [4.69, 9.17) is 4.74 Å². The number of nitrogens with zero attached hydrogens (tertiary/aromatic N) is 3. The molecule has 0 atom stereocenters. The zero-order chi connectivity index (χ0) is 16.4. The lowest BCUT2D eigenvalue weighted by Gasteiger charge is -2.01. The minimum Gasteiger partial charge on any atom is -0.493 e. The molecule has 1 aromatic carbocycles. The van der Waals surface area contributed by atoms with Crippen molar-refractivity contribution in [2.45, 2.75) is 6.92 Å². The first-order valence-electron chi connectivity index (χ1n) is 6.70. The fraction of sp³-hybridized carbons (Fsp3) is 0.133. The van der Waals surface area contributed by atoms with Crippen LogP contribution in [0.4, 0.5) is 9.52 Å². The normalized spacial score (nSPS) is 10.6. The van der Waals surface area contributed by atoms with Crippen molar-refractivity contribution >= 4 is 22.4 Å². The van der Waals surface area contributed by atoms with Crippen LogP contribution < -0.4 is 10.1 Å². The van der Waals surface area contributed by atoms with E-state index < -0.39 is 5.91 Å². The van der Waals surface area contributed by atoms with Gasteiger partial charge in [-0.2, -0.15) is 5.10 Å². The molecule has 0 aliphatic carbocycles. The SMILES string of the molecule is COc1cn(-c2ccc(F)cc2)nc1C(=O)Nc1nc(C)cs1. The fourth-order valence-electron chi connectivity index (χ4n) is 1.96. The highest BCUT2D eigenvalue weighted by atomic mass is 32.1. The van der Waals surface area contributed by atoms with Gasteiger partial charge in [0.25, 0.3) is 5.91 Å². The lowest BCUT2D eigenvalue weighted by Crippen LogP contribution is -2.14. The highest BCUT2D eigenvalue weighted by Gasteiger charge is 2.19. The number of methoxy groups -OCH3 is 1. The second-order valence-corrected chi connectivity index (χ2v) is 5.57. The maximum absolute atomic E-state index is 13.0. The predicted octanol–water partition coefficient (Wildman–Crippen LogP) is 3.04. The first-order valence-corrected chi connectivity index (χ1v) is 7.58. The lowest BCUT2D eigenvalue weighted by atomic mass is 10.3. The molecule has 0 aliphatic rings. The minimum absolute atomic E-state index is 0.129. The summed E-state index contributed by atoms with van der Waals surface area (Å²) < 4.78 is 19.7. The van der Waals surface area contributed by atoms with Crippen LogP contribution in [0.1, 0.15) is 16.2 Å². The average molecular weight is 332 g/mol. The molecule has 0 radical (unpaired) electrons. The van der Waals surface area contributed by atoms with E-state index in [-0.39, 0.29) is 11.5 Å². The van der Waals surface area contributed by atoms with Crippen molar-refractivity contribution in [2.24, 2.45) is 0 Å². The molecule has 2 aromatic heterocycles. The van der Waals surface area contributed by atoms with Crippen LogP contribution in [0.25, 0.3) is 5.69 Å². The van der Waals surface area contributed by atoms with Crippen LogP contribution in [0.2, 0.25) is 0 Å². The van der Waals surface area contributed by atoms with Crippen LogP contribution in [0.5, 0.6) is 5.75 Å². The third kappa shape index (κ3) is 3.21. The summed E-state index contributed by atoms with van der Waals surface area (Å²) in [5.41, 5.74) is 1.58. The van der Waals surface area contributed by atoms with Gasteiger partial charge in [-0.1, -0.05) is 0 Å². The van der Waals surface area contributed by atoms with Crippen LogP contribution in [-0.4, -0.2) is 27.8 Å². The van der Waals surface area contributed by atoms with Gasteiger partial charge in [0.05, 0.1) is 24.7 Å². The molecule has 0 bridgehead atoms. The van der Waals surface area contributed by atoms with E-state index in [1.54, 1.807) is 18.3 Å². The summed E-state index contributed by atoms with van der Waals surface area (Å²) in [6.45, 7) is 1.84. The van der Waals surface area contributed by atoms with Gasteiger partial charge in [-0.3, -0.25) is 10.1 Å². The van der Waals surface area contributed by atoms with Crippen molar-refractivity contribution in [3.8, 4) is 11.4 Å². The fourth-order valence-corrected chi connectivity index (χ4v) is 2.64. The predicted molar refractivity (Wildman–Crippen MR) is 84.9 cm³/mol. The number of benzene rings is 1. The summed E-state index contributed by atoms with van der Waals surface area (Å²) in [5.74, 6) is -0.442. The van der Waals surface area contributed by atoms with Crippen LogP contribution >= 0.6 is 11.3 Å². The van der Waals surface area contributed by atoms with E-state index in [0.29, 0.717) is 16.6 Å². The van der Waals surface area contributed by atoms with Crippen molar-refractivity contribution in [3.05, 3.63) is 53.0 Å². The zero-order valence-electron chi connectivity index (χ0n) is 12.4. The Morgan fingerprint density at radius 3 is 2.70 bits per heavy atom. The summed E-state index contributed by atoms with van der Waals surface area (Å²) in [6.07, 6.45) is 1.56. The maximum Gasteiger partial charge on any atom is 0.281 e. The van der Waals surface area contributed by atoms with Gasteiger partial charge >= 0.3 is 0 Å². The van der Waals surface area contributed by atoms with Gasteiger partial charge in [0.1, 0.15) is 5.82 Å². The number of carbonyl (C=O) groups excluding carboxylic acids is 1. The Morgan fingerprint density at radius 2 is 2.09 bits per heavy atom. The third-order valence-corrected chi connectivity index (χ3v) is 3.92. The van der Waals surface area contributed by atoms with Gasteiger partial charge in [-0.25, -0.2) is 14.1 Å². The Bertz CT molecular complexity index is 842. The van der Waals surface area contributed by atoms with E-state index in [9.17, 15) is 9.18 Å². The number of aromatic nitrogens is 3. The molecular formula is C15H13FN4O2S. The maximum atomic E-state index is 13.0. The van der Waals surface area contributed by atoms with Crippen LogP contribution in [0.15, 0.2) is 35.8 Å². The molecule has 6 nitrogen and oxygen atoms in total. The third-order valence-electron chi connectivity index (χ3n) is 3.05. The molecule has 0 fully saturated rings. The molecule has 0 spiro atoms. The number of carbonyl (C=O) groups is 1. The number of thiazole rings is 1. The van der Waals surface area contributed by atoms with Crippen molar-refractivity contribution in [1.29, 1.82) is 0 Å². The quantitative estimate of drug-likeness (QED) is 0.797. The summed E-state index contributed by atoms with van der Waals surface area (Å²) in [5, 5.41) is 9.23. The molecule has 0 saturated carbocycles. The van der Waals surface area contributed by atoms with E-state index in [1.165, 1.54) is 35.3 Å². The van der Waals surface area contributed by atoms with Crippen LogP contribution in [-0.2, 0) is 0 Å². The Hall–Kier alpha value is -2.74. The Morgan fingerprint density at radius 1 is 1.35 bits per heavy atom. The Labute approximate surface area is 135 Å². The van der Waals surface area contributed by atoms with Gasteiger partial charge in [0.15, 0.2) is 16.6 Å². The molecule has 1 N–H and O–H groups in total. The van der Waals surface area contributed by atoms with Gasteiger partial charge < -0.3 is 4.74 Å². The molecule has 8 heteroatoms. The molecule has 1 amide bonds. The molecule has 118 valence electrons. The summed E-state index contributed by atoms with van der Waals surface area (Å²) >= 11 is 1.33. The highest BCUT2D eigenvalue weighted by molar-refractivity contribution is 7.13. The first-order chi connectivity index (χ1) is 11.1. The summed E-state index contributed by atoms with van der Waals surface area (Å²) in [6, 6.07) is 5.77. The number of amides is 1. The first kappa shape index (κ1) is 15.2.